The zero-order valence-electron chi connectivity index (χ0n) is 13.9. The van der Waals surface area contributed by atoms with E-state index in [4.69, 9.17) is 21.1 Å². The summed E-state index contributed by atoms with van der Waals surface area (Å²) < 4.78 is 10.4. The molecule has 1 aliphatic rings. The fraction of sp³-hybridized carbons (Fsp3) is 0.412. The first-order valence-electron chi connectivity index (χ1n) is 8.08. The zero-order valence-corrected chi connectivity index (χ0v) is 14.7. The molecule has 1 aromatic heterocycles. The molecular formula is C17H20ClN3O4. The number of hydrogen-bond acceptors (Lipinski definition) is 4. The number of methoxy groups -OCH3 is 1. The van der Waals surface area contributed by atoms with Gasteiger partial charge in [0, 0.05) is 30.6 Å². The van der Waals surface area contributed by atoms with E-state index >= 15 is 0 Å². The average Bonchev–Trinajstić information content (AvgIpc) is 2.62. The molecule has 0 aliphatic carbocycles. The Balaban J connectivity index is 1.68. The highest BCUT2D eigenvalue weighted by molar-refractivity contribution is 6.32. The van der Waals surface area contributed by atoms with E-state index in [-0.39, 0.29) is 11.6 Å². The number of ether oxygens (including phenoxy) is 2. The Kier molecular flexibility index (Phi) is 5.45. The Labute approximate surface area is 149 Å². The molecular weight excluding hydrogens is 346 g/mol. The van der Waals surface area contributed by atoms with Crippen molar-refractivity contribution >= 4 is 28.5 Å². The first-order chi connectivity index (χ1) is 12.1. The molecule has 134 valence electrons. The normalized spacial score (nSPS) is 14.6. The van der Waals surface area contributed by atoms with Gasteiger partial charge in [0.1, 0.15) is 5.75 Å². The van der Waals surface area contributed by atoms with Crippen LogP contribution in [0.5, 0.6) is 5.75 Å². The number of carbonyl (C=O) groups is 1. The summed E-state index contributed by atoms with van der Waals surface area (Å²) in [4.78, 5) is 28.8. The van der Waals surface area contributed by atoms with Crippen molar-refractivity contribution in [3.8, 4) is 5.75 Å². The van der Waals surface area contributed by atoms with Gasteiger partial charge in [-0.05, 0) is 24.6 Å². The quantitative estimate of drug-likeness (QED) is 0.865. The van der Waals surface area contributed by atoms with Crippen molar-refractivity contribution in [3.63, 3.8) is 0 Å². The number of fused-ring (bicyclic) bond motifs is 1. The Morgan fingerprint density at radius 1 is 1.36 bits per heavy atom. The first-order valence-corrected chi connectivity index (χ1v) is 8.46. The molecule has 1 fully saturated rings. The molecule has 7 nitrogen and oxygen atoms in total. The highest BCUT2D eigenvalue weighted by Crippen LogP contribution is 2.28. The number of H-pyrrole nitrogens is 1. The topological polar surface area (TPSA) is 83.7 Å². The number of aromatic nitrogens is 1. The third-order valence-electron chi connectivity index (χ3n) is 4.16. The predicted octanol–water partition coefficient (Wildman–Crippen LogP) is 1.77. The van der Waals surface area contributed by atoms with Gasteiger partial charge < -0.3 is 24.7 Å². The lowest BCUT2D eigenvalue weighted by Gasteiger charge is -2.26. The molecule has 2 amide bonds. The summed E-state index contributed by atoms with van der Waals surface area (Å²) in [6.07, 6.45) is 0.437. The molecule has 0 saturated carbocycles. The molecule has 1 aromatic carbocycles. The van der Waals surface area contributed by atoms with Gasteiger partial charge in [0.15, 0.2) is 0 Å². The van der Waals surface area contributed by atoms with E-state index in [1.54, 1.807) is 30.2 Å². The molecule has 2 heterocycles. The molecule has 0 unspecified atom stereocenters. The number of amides is 2. The van der Waals surface area contributed by atoms with Crippen LogP contribution in [-0.2, 0) is 11.2 Å². The highest BCUT2D eigenvalue weighted by atomic mass is 35.5. The number of benzene rings is 1. The number of hydrogen-bond donors (Lipinski definition) is 2. The molecule has 2 N–H and O–H groups in total. The summed E-state index contributed by atoms with van der Waals surface area (Å²) in [5.74, 6) is 0.549. The number of morpholine rings is 1. The number of aromatic amines is 1. The van der Waals surface area contributed by atoms with Crippen LogP contribution in [0, 0.1) is 0 Å². The lowest BCUT2D eigenvalue weighted by atomic mass is 10.1. The van der Waals surface area contributed by atoms with Gasteiger partial charge in [-0.25, -0.2) is 4.79 Å². The predicted molar refractivity (Wildman–Crippen MR) is 95.6 cm³/mol. The Bertz CT molecular complexity index is 830. The molecule has 2 aromatic rings. The number of pyridine rings is 1. The fourth-order valence-corrected chi connectivity index (χ4v) is 3.02. The van der Waals surface area contributed by atoms with Gasteiger partial charge in [0.25, 0.3) is 5.56 Å². The van der Waals surface area contributed by atoms with Crippen molar-refractivity contribution in [1.29, 1.82) is 0 Å². The summed E-state index contributed by atoms with van der Waals surface area (Å²) in [6.45, 7) is 2.67. The Hall–Kier alpha value is -2.25. The zero-order chi connectivity index (χ0) is 17.8. The third kappa shape index (κ3) is 4.05. The van der Waals surface area contributed by atoms with Crippen molar-refractivity contribution in [2.24, 2.45) is 0 Å². The van der Waals surface area contributed by atoms with E-state index in [9.17, 15) is 9.59 Å². The second-order valence-electron chi connectivity index (χ2n) is 5.78. The molecule has 0 radical (unpaired) electrons. The van der Waals surface area contributed by atoms with Gasteiger partial charge in [-0.15, -0.1) is 0 Å². The van der Waals surface area contributed by atoms with Gasteiger partial charge in [0.05, 0.1) is 30.9 Å². The van der Waals surface area contributed by atoms with Crippen LogP contribution in [0.2, 0.25) is 5.02 Å². The summed E-state index contributed by atoms with van der Waals surface area (Å²) in [5, 5.41) is 4.11. The number of rotatable bonds is 4. The van der Waals surface area contributed by atoms with Gasteiger partial charge in [0.2, 0.25) is 0 Å². The second-order valence-corrected chi connectivity index (χ2v) is 6.19. The largest absolute Gasteiger partial charge is 0.495 e. The standard InChI is InChI=1S/C17H20ClN3O4/c1-24-15-9-12-8-11(16(22)20-14(12)10-13(15)18)2-3-19-17(23)21-4-6-25-7-5-21/h8-10H,2-7H2,1H3,(H,19,23)(H,20,22). The number of carbonyl (C=O) groups excluding carboxylic acids is 1. The maximum Gasteiger partial charge on any atom is 0.317 e. The lowest BCUT2D eigenvalue weighted by Crippen LogP contribution is -2.46. The number of nitrogens with zero attached hydrogens (tertiary/aromatic N) is 1. The minimum Gasteiger partial charge on any atom is -0.495 e. The van der Waals surface area contributed by atoms with Crippen LogP contribution in [0.1, 0.15) is 5.56 Å². The van der Waals surface area contributed by atoms with E-state index in [0.29, 0.717) is 61.1 Å². The van der Waals surface area contributed by atoms with Crippen molar-refractivity contribution < 1.29 is 14.3 Å². The second kappa shape index (κ2) is 7.76. The summed E-state index contributed by atoms with van der Waals surface area (Å²) >= 11 is 6.08. The van der Waals surface area contributed by atoms with E-state index in [1.165, 1.54) is 0 Å². The van der Waals surface area contributed by atoms with E-state index in [0.717, 1.165) is 5.39 Å². The average molecular weight is 366 g/mol. The molecule has 0 bridgehead atoms. The van der Waals surface area contributed by atoms with Crippen LogP contribution >= 0.6 is 11.6 Å². The molecule has 25 heavy (non-hydrogen) atoms. The van der Waals surface area contributed by atoms with Crippen LogP contribution in [0.15, 0.2) is 23.0 Å². The van der Waals surface area contributed by atoms with Gasteiger partial charge in [-0.1, -0.05) is 11.6 Å². The first kappa shape index (κ1) is 17.6. The third-order valence-corrected chi connectivity index (χ3v) is 4.46. The molecule has 1 aliphatic heterocycles. The van der Waals surface area contributed by atoms with Crippen LogP contribution in [0.4, 0.5) is 4.79 Å². The van der Waals surface area contributed by atoms with Crippen molar-refractivity contribution in [3.05, 3.63) is 39.1 Å². The minimum absolute atomic E-state index is 0.131. The van der Waals surface area contributed by atoms with Crippen molar-refractivity contribution in [2.45, 2.75) is 6.42 Å². The summed E-state index contributed by atoms with van der Waals surface area (Å²) in [5.41, 5.74) is 1.06. The molecule has 1 saturated heterocycles. The lowest BCUT2D eigenvalue weighted by molar-refractivity contribution is 0.0533. The summed E-state index contributed by atoms with van der Waals surface area (Å²) in [7, 11) is 1.54. The smallest absolute Gasteiger partial charge is 0.317 e. The van der Waals surface area contributed by atoms with E-state index in [1.807, 2.05) is 0 Å². The maximum atomic E-state index is 12.2. The van der Waals surface area contributed by atoms with Gasteiger partial charge in [-0.3, -0.25) is 4.79 Å². The maximum absolute atomic E-state index is 12.2. The fourth-order valence-electron chi connectivity index (χ4n) is 2.78. The van der Waals surface area contributed by atoms with Gasteiger partial charge >= 0.3 is 6.03 Å². The van der Waals surface area contributed by atoms with Crippen molar-refractivity contribution in [1.82, 2.24) is 15.2 Å². The van der Waals surface area contributed by atoms with Crippen LogP contribution in [-0.4, -0.2) is 55.9 Å². The molecule has 0 spiro atoms. The Morgan fingerprint density at radius 3 is 2.84 bits per heavy atom. The highest BCUT2D eigenvalue weighted by Gasteiger charge is 2.16. The van der Waals surface area contributed by atoms with E-state index in [2.05, 4.69) is 10.3 Å². The minimum atomic E-state index is -0.186. The van der Waals surface area contributed by atoms with Crippen molar-refractivity contribution in [2.75, 3.05) is 40.0 Å². The molecule has 0 atom stereocenters. The van der Waals surface area contributed by atoms with Crippen LogP contribution in [0.3, 0.4) is 0 Å². The number of urea groups is 1. The Morgan fingerprint density at radius 2 is 2.12 bits per heavy atom. The monoisotopic (exact) mass is 365 g/mol. The molecule has 8 heteroatoms. The van der Waals surface area contributed by atoms with Crippen LogP contribution < -0.4 is 15.6 Å². The number of halogens is 1. The summed E-state index contributed by atoms with van der Waals surface area (Å²) in [6, 6.07) is 5.12. The SMILES string of the molecule is COc1cc2cc(CCNC(=O)N3CCOCC3)c(=O)[nH]c2cc1Cl. The number of nitrogens with one attached hydrogen (secondary N) is 2. The van der Waals surface area contributed by atoms with Crippen LogP contribution in [0.25, 0.3) is 10.9 Å². The van der Waals surface area contributed by atoms with E-state index < -0.39 is 0 Å². The molecule has 3 rings (SSSR count). The van der Waals surface area contributed by atoms with Gasteiger partial charge in [-0.2, -0.15) is 0 Å².